The highest BCUT2D eigenvalue weighted by Gasteiger charge is 2.65. The van der Waals surface area contributed by atoms with Crippen LogP contribution in [-0.4, -0.2) is 29.1 Å². The molecule has 2 heterocycles. The van der Waals surface area contributed by atoms with Gasteiger partial charge < -0.3 is 10.0 Å². The third-order valence-corrected chi connectivity index (χ3v) is 3.60. The first-order valence-corrected chi connectivity index (χ1v) is 5.11. The van der Waals surface area contributed by atoms with E-state index in [2.05, 4.69) is 9.88 Å². The molecule has 1 saturated carbocycles. The lowest BCUT2D eigenvalue weighted by molar-refractivity contribution is -0.142. The molecule has 1 aliphatic carbocycles. The number of rotatable bonds is 2. The van der Waals surface area contributed by atoms with Crippen LogP contribution in [0.1, 0.15) is 6.42 Å². The van der Waals surface area contributed by atoms with Crippen molar-refractivity contribution in [2.75, 3.05) is 18.0 Å². The minimum atomic E-state index is -0.635. The number of carbonyl (C=O) groups is 1. The Hall–Kier alpha value is -1.58. The van der Waals surface area contributed by atoms with Crippen LogP contribution in [0.25, 0.3) is 0 Å². The third kappa shape index (κ3) is 1.14. The minimum Gasteiger partial charge on any atom is -0.481 e. The largest absolute Gasteiger partial charge is 0.481 e. The Kier molecular flexibility index (Phi) is 1.58. The second kappa shape index (κ2) is 2.72. The van der Waals surface area contributed by atoms with Gasteiger partial charge in [-0.2, -0.15) is 0 Å². The maximum absolute atomic E-state index is 11.1. The Bertz CT molecular complexity index is 406. The molecular formula is C11H12N2O2. The predicted octanol–water partition coefficient (Wildman–Crippen LogP) is 0.992. The van der Waals surface area contributed by atoms with Crippen molar-refractivity contribution in [1.29, 1.82) is 0 Å². The molecular weight excluding hydrogens is 192 g/mol. The second-order valence-electron chi connectivity index (χ2n) is 4.45. The molecule has 2 fully saturated rings. The summed E-state index contributed by atoms with van der Waals surface area (Å²) in [7, 11) is 0. The molecule has 2 aliphatic rings. The monoisotopic (exact) mass is 204 g/mol. The predicted molar refractivity (Wildman–Crippen MR) is 54.6 cm³/mol. The fraction of sp³-hybridized carbons (Fsp3) is 0.455. The molecule has 0 aromatic carbocycles. The Labute approximate surface area is 87.5 Å². The number of nitrogens with zero attached hydrogens (tertiary/aromatic N) is 2. The van der Waals surface area contributed by atoms with Crippen LogP contribution in [0.15, 0.2) is 24.5 Å². The van der Waals surface area contributed by atoms with Crippen LogP contribution < -0.4 is 4.90 Å². The van der Waals surface area contributed by atoms with Gasteiger partial charge in [0.05, 0.1) is 5.41 Å². The number of anilines is 1. The molecule has 0 radical (unpaired) electrons. The van der Waals surface area contributed by atoms with E-state index in [1.165, 1.54) is 0 Å². The van der Waals surface area contributed by atoms with Crippen LogP contribution in [0, 0.1) is 11.3 Å². The Morgan fingerprint density at radius 2 is 2.27 bits per heavy atom. The van der Waals surface area contributed by atoms with Crippen LogP contribution >= 0.6 is 0 Å². The van der Waals surface area contributed by atoms with Crippen LogP contribution in [0.5, 0.6) is 0 Å². The zero-order valence-electron chi connectivity index (χ0n) is 8.26. The standard InChI is InChI=1S/C11H12N2O2/c14-10(15)11-5-8(11)6-13(7-11)9-1-3-12-4-2-9/h1-4,8H,5-7H2,(H,14,15). The highest BCUT2D eigenvalue weighted by Crippen LogP contribution is 2.58. The summed E-state index contributed by atoms with van der Waals surface area (Å²) in [4.78, 5) is 17.2. The van der Waals surface area contributed by atoms with E-state index >= 15 is 0 Å². The number of carboxylic acids is 1. The number of aliphatic carboxylic acids is 1. The van der Waals surface area contributed by atoms with E-state index in [1.807, 2.05) is 12.1 Å². The molecule has 1 aromatic rings. The molecule has 0 spiro atoms. The van der Waals surface area contributed by atoms with Gasteiger partial charge in [0, 0.05) is 31.2 Å². The van der Waals surface area contributed by atoms with E-state index in [9.17, 15) is 4.79 Å². The number of pyridine rings is 1. The van der Waals surface area contributed by atoms with Crippen LogP contribution in [0.2, 0.25) is 0 Å². The molecule has 4 heteroatoms. The lowest BCUT2D eigenvalue weighted by Gasteiger charge is -2.21. The van der Waals surface area contributed by atoms with Crippen molar-refractivity contribution in [3.05, 3.63) is 24.5 Å². The molecule has 1 saturated heterocycles. The summed E-state index contributed by atoms with van der Waals surface area (Å²) in [6, 6.07) is 3.86. The average Bonchev–Trinajstić information content (AvgIpc) is 2.84. The summed E-state index contributed by atoms with van der Waals surface area (Å²) in [6.07, 6.45) is 4.34. The first-order chi connectivity index (χ1) is 7.22. The molecule has 0 amide bonds. The van der Waals surface area contributed by atoms with E-state index in [0.717, 1.165) is 18.7 Å². The van der Waals surface area contributed by atoms with Gasteiger partial charge in [-0.25, -0.2) is 0 Å². The quantitative estimate of drug-likeness (QED) is 0.780. The second-order valence-corrected chi connectivity index (χ2v) is 4.45. The summed E-state index contributed by atoms with van der Waals surface area (Å²) < 4.78 is 0. The number of fused-ring (bicyclic) bond motifs is 1. The fourth-order valence-electron chi connectivity index (χ4n) is 2.57. The van der Waals surface area contributed by atoms with Gasteiger partial charge in [-0.05, 0) is 24.5 Å². The number of hydrogen-bond donors (Lipinski definition) is 1. The topological polar surface area (TPSA) is 53.4 Å². The lowest BCUT2D eigenvalue weighted by atomic mass is 10.1. The lowest BCUT2D eigenvalue weighted by Crippen LogP contribution is -2.28. The van der Waals surface area contributed by atoms with E-state index in [0.29, 0.717) is 12.5 Å². The maximum Gasteiger partial charge on any atom is 0.311 e. The molecule has 2 unspecified atom stereocenters. The zero-order valence-corrected chi connectivity index (χ0v) is 8.26. The normalized spacial score (nSPS) is 32.5. The van der Waals surface area contributed by atoms with Crippen molar-refractivity contribution in [2.24, 2.45) is 11.3 Å². The number of aromatic nitrogens is 1. The molecule has 0 bridgehead atoms. The molecule has 15 heavy (non-hydrogen) atoms. The Morgan fingerprint density at radius 1 is 1.53 bits per heavy atom. The van der Waals surface area contributed by atoms with Crippen LogP contribution in [0.3, 0.4) is 0 Å². The summed E-state index contributed by atoms with van der Waals surface area (Å²) in [5.41, 5.74) is 0.640. The van der Waals surface area contributed by atoms with Gasteiger partial charge in [0.25, 0.3) is 0 Å². The number of piperidine rings is 1. The average molecular weight is 204 g/mol. The third-order valence-electron chi connectivity index (χ3n) is 3.60. The summed E-state index contributed by atoms with van der Waals surface area (Å²) in [6.45, 7) is 1.52. The Balaban J connectivity index is 1.82. The molecule has 1 N–H and O–H groups in total. The smallest absolute Gasteiger partial charge is 0.311 e. The van der Waals surface area contributed by atoms with E-state index in [4.69, 9.17) is 5.11 Å². The SMILES string of the molecule is O=C(O)C12CC1CN(c1ccncc1)C2. The first-order valence-electron chi connectivity index (χ1n) is 5.11. The van der Waals surface area contributed by atoms with Crippen molar-refractivity contribution in [2.45, 2.75) is 6.42 Å². The van der Waals surface area contributed by atoms with Gasteiger partial charge >= 0.3 is 5.97 Å². The number of hydrogen-bond acceptors (Lipinski definition) is 3. The number of carboxylic acid groups (broad SMARTS) is 1. The van der Waals surface area contributed by atoms with Crippen molar-refractivity contribution < 1.29 is 9.90 Å². The highest BCUT2D eigenvalue weighted by molar-refractivity contribution is 5.81. The van der Waals surface area contributed by atoms with Gasteiger partial charge in [-0.3, -0.25) is 9.78 Å². The molecule has 78 valence electrons. The van der Waals surface area contributed by atoms with E-state index in [1.54, 1.807) is 12.4 Å². The molecule has 1 aliphatic heterocycles. The van der Waals surface area contributed by atoms with Gasteiger partial charge in [0.2, 0.25) is 0 Å². The molecule has 4 nitrogen and oxygen atoms in total. The minimum absolute atomic E-state index is 0.350. The van der Waals surface area contributed by atoms with Crippen molar-refractivity contribution in [1.82, 2.24) is 4.98 Å². The molecule has 1 aromatic heterocycles. The van der Waals surface area contributed by atoms with Crippen LogP contribution in [0.4, 0.5) is 5.69 Å². The molecule has 3 rings (SSSR count). The van der Waals surface area contributed by atoms with E-state index < -0.39 is 11.4 Å². The van der Waals surface area contributed by atoms with Gasteiger partial charge in [-0.1, -0.05) is 0 Å². The van der Waals surface area contributed by atoms with Crippen LogP contribution in [-0.2, 0) is 4.79 Å². The maximum atomic E-state index is 11.1. The Morgan fingerprint density at radius 3 is 2.87 bits per heavy atom. The zero-order chi connectivity index (χ0) is 10.5. The highest BCUT2D eigenvalue weighted by atomic mass is 16.4. The van der Waals surface area contributed by atoms with E-state index in [-0.39, 0.29) is 0 Å². The molecule has 2 atom stereocenters. The van der Waals surface area contributed by atoms with Crippen molar-refractivity contribution in [3.8, 4) is 0 Å². The van der Waals surface area contributed by atoms with Gasteiger partial charge in [0.15, 0.2) is 0 Å². The van der Waals surface area contributed by atoms with Gasteiger partial charge in [-0.15, -0.1) is 0 Å². The van der Waals surface area contributed by atoms with Crippen molar-refractivity contribution >= 4 is 11.7 Å². The summed E-state index contributed by atoms with van der Waals surface area (Å²) >= 11 is 0. The van der Waals surface area contributed by atoms with Crippen molar-refractivity contribution in [3.63, 3.8) is 0 Å². The first kappa shape index (κ1) is 8.71. The summed E-state index contributed by atoms with van der Waals surface area (Å²) in [5.74, 6) is -0.285. The summed E-state index contributed by atoms with van der Waals surface area (Å²) in [5, 5.41) is 9.14. The fourth-order valence-corrected chi connectivity index (χ4v) is 2.57. The van der Waals surface area contributed by atoms with Gasteiger partial charge in [0.1, 0.15) is 0 Å².